The molecule has 1 aliphatic rings. The van der Waals surface area contributed by atoms with Gasteiger partial charge in [-0.3, -0.25) is 4.99 Å². The molecule has 2 N–H and O–H groups in total. The number of fused-ring (bicyclic) bond motifs is 1. The number of nitrogen functional groups attached to an aromatic ring is 1. The molecule has 1 aliphatic heterocycles. The third-order valence-corrected chi connectivity index (χ3v) is 2.52. The molecule has 0 unspecified atom stereocenters. The van der Waals surface area contributed by atoms with Gasteiger partial charge in [-0.15, -0.1) is 11.3 Å². The second-order valence-corrected chi connectivity index (χ2v) is 3.44. The van der Waals surface area contributed by atoms with Crippen LogP contribution in [0.25, 0.3) is 0 Å². The molecule has 0 saturated carbocycles. The molecule has 2 nitrogen and oxygen atoms in total. The zero-order valence-corrected chi connectivity index (χ0v) is 6.32. The highest BCUT2D eigenvalue weighted by Gasteiger charge is 2.07. The molecule has 3 heteroatoms. The number of rotatable bonds is 0. The highest BCUT2D eigenvalue weighted by atomic mass is 32.1. The molecule has 0 spiro atoms. The molecule has 0 atom stereocenters. The molecule has 2 heterocycles. The minimum atomic E-state index is 0.901. The highest BCUT2D eigenvalue weighted by Crippen LogP contribution is 2.24. The number of nitrogens with two attached hydrogens (primary N) is 1. The van der Waals surface area contributed by atoms with E-state index in [0.717, 1.165) is 18.0 Å². The first-order chi connectivity index (χ1) is 4.86. The maximum absolute atomic E-state index is 5.62. The number of nitrogens with zero attached hydrogens (tertiary/aromatic N) is 1. The van der Waals surface area contributed by atoms with E-state index in [4.69, 9.17) is 5.73 Å². The van der Waals surface area contributed by atoms with Crippen LogP contribution in [-0.4, -0.2) is 12.8 Å². The Labute approximate surface area is 63.4 Å². The minimum absolute atomic E-state index is 0.901. The fourth-order valence-electron chi connectivity index (χ4n) is 1.10. The number of anilines is 1. The zero-order valence-electron chi connectivity index (χ0n) is 5.50. The van der Waals surface area contributed by atoms with Crippen molar-refractivity contribution >= 4 is 22.6 Å². The van der Waals surface area contributed by atoms with E-state index in [2.05, 4.69) is 4.99 Å². The van der Waals surface area contributed by atoms with E-state index in [1.807, 2.05) is 12.3 Å². The van der Waals surface area contributed by atoms with Crippen molar-refractivity contribution in [3.05, 3.63) is 16.5 Å². The Balaban J connectivity index is 2.53. The first kappa shape index (κ1) is 5.92. The first-order valence-electron chi connectivity index (χ1n) is 3.24. The lowest BCUT2D eigenvalue weighted by atomic mass is 10.1. The summed E-state index contributed by atoms with van der Waals surface area (Å²) in [6.07, 6.45) is 2.97. The van der Waals surface area contributed by atoms with Gasteiger partial charge in [-0.05, 0) is 18.1 Å². The predicted octanol–water partition coefficient (Wildman–Crippen LogP) is 1.31. The van der Waals surface area contributed by atoms with Gasteiger partial charge in [-0.2, -0.15) is 0 Å². The summed E-state index contributed by atoms with van der Waals surface area (Å²) in [5.74, 6) is 0. The van der Waals surface area contributed by atoms with Crippen LogP contribution in [-0.2, 0) is 6.42 Å². The molecule has 10 heavy (non-hydrogen) atoms. The summed E-state index contributed by atoms with van der Waals surface area (Å²) in [5, 5.41) is 0.901. The number of hydrogen-bond donors (Lipinski definition) is 1. The lowest BCUT2D eigenvalue weighted by Gasteiger charge is -2.00. The molecule has 0 amide bonds. The van der Waals surface area contributed by atoms with Gasteiger partial charge in [0.05, 0.1) is 9.88 Å². The van der Waals surface area contributed by atoms with Gasteiger partial charge >= 0.3 is 0 Å². The van der Waals surface area contributed by atoms with E-state index in [1.165, 1.54) is 10.4 Å². The molecule has 0 radical (unpaired) electrons. The summed E-state index contributed by atoms with van der Waals surface area (Å²) in [6.45, 7) is 0.920. The first-order valence-corrected chi connectivity index (χ1v) is 4.06. The second-order valence-electron chi connectivity index (χ2n) is 2.32. The Morgan fingerprint density at radius 2 is 2.50 bits per heavy atom. The maximum atomic E-state index is 5.62. The van der Waals surface area contributed by atoms with Gasteiger partial charge in [0.15, 0.2) is 0 Å². The van der Waals surface area contributed by atoms with Crippen LogP contribution in [0, 0.1) is 0 Å². The third-order valence-electron chi connectivity index (χ3n) is 1.58. The number of thiophene rings is 1. The van der Waals surface area contributed by atoms with Crippen LogP contribution in [0.5, 0.6) is 0 Å². The van der Waals surface area contributed by atoms with Crippen LogP contribution < -0.4 is 5.73 Å². The monoisotopic (exact) mass is 152 g/mol. The van der Waals surface area contributed by atoms with E-state index in [-0.39, 0.29) is 0 Å². The Hall–Kier alpha value is -0.830. The van der Waals surface area contributed by atoms with Gasteiger partial charge in [0.2, 0.25) is 0 Å². The van der Waals surface area contributed by atoms with E-state index in [9.17, 15) is 0 Å². The summed E-state index contributed by atoms with van der Waals surface area (Å²) >= 11 is 1.62. The summed E-state index contributed by atoms with van der Waals surface area (Å²) in [4.78, 5) is 5.40. The largest absolute Gasteiger partial charge is 0.391 e. The molecule has 2 rings (SSSR count). The second kappa shape index (κ2) is 2.09. The fraction of sp³-hybridized carbons (Fsp3) is 0.286. The molecule has 0 aromatic carbocycles. The van der Waals surface area contributed by atoms with Gasteiger partial charge in [0.1, 0.15) is 0 Å². The lowest BCUT2D eigenvalue weighted by Crippen LogP contribution is -1.97. The smallest absolute Gasteiger partial charge is 0.0866 e. The minimum Gasteiger partial charge on any atom is -0.391 e. The molecule has 0 bridgehead atoms. The molecule has 0 saturated heterocycles. The van der Waals surface area contributed by atoms with Crippen LogP contribution in [0.2, 0.25) is 0 Å². The molecule has 0 aliphatic carbocycles. The van der Waals surface area contributed by atoms with Gasteiger partial charge in [0.25, 0.3) is 0 Å². The number of hydrogen-bond acceptors (Lipinski definition) is 3. The normalized spacial score (nSPS) is 15.2. The maximum Gasteiger partial charge on any atom is 0.0866 e. The van der Waals surface area contributed by atoms with Crippen molar-refractivity contribution in [2.45, 2.75) is 6.42 Å². The summed E-state index contributed by atoms with van der Waals surface area (Å²) < 4.78 is 0. The predicted molar refractivity (Wildman–Crippen MR) is 44.9 cm³/mol. The van der Waals surface area contributed by atoms with Crippen LogP contribution >= 0.6 is 11.3 Å². The zero-order chi connectivity index (χ0) is 6.97. The highest BCUT2D eigenvalue weighted by molar-refractivity contribution is 7.17. The van der Waals surface area contributed by atoms with E-state index in [0.29, 0.717) is 0 Å². The molecule has 1 aromatic heterocycles. The summed E-state index contributed by atoms with van der Waals surface area (Å²) in [6, 6.07) is 2.05. The van der Waals surface area contributed by atoms with Crippen LogP contribution in [0.3, 0.4) is 0 Å². The van der Waals surface area contributed by atoms with Crippen molar-refractivity contribution in [2.75, 3.05) is 12.3 Å². The van der Waals surface area contributed by atoms with E-state index < -0.39 is 0 Å². The average Bonchev–Trinajstić information content (AvgIpc) is 2.27. The van der Waals surface area contributed by atoms with Crippen molar-refractivity contribution in [1.29, 1.82) is 0 Å². The Morgan fingerprint density at radius 3 is 3.30 bits per heavy atom. The molecular weight excluding hydrogens is 144 g/mol. The topological polar surface area (TPSA) is 38.4 Å². The average molecular weight is 152 g/mol. The van der Waals surface area contributed by atoms with Crippen LogP contribution in [0.4, 0.5) is 5.00 Å². The van der Waals surface area contributed by atoms with Crippen molar-refractivity contribution in [3.8, 4) is 0 Å². The van der Waals surface area contributed by atoms with Gasteiger partial charge in [-0.1, -0.05) is 0 Å². The van der Waals surface area contributed by atoms with E-state index in [1.54, 1.807) is 11.3 Å². The SMILES string of the molecule is Nc1cc2c(s1)C=NCC2. The Morgan fingerprint density at radius 1 is 1.60 bits per heavy atom. The molecule has 52 valence electrons. The summed E-state index contributed by atoms with van der Waals surface area (Å²) in [7, 11) is 0. The van der Waals surface area contributed by atoms with Crippen molar-refractivity contribution in [3.63, 3.8) is 0 Å². The van der Waals surface area contributed by atoms with Gasteiger partial charge in [0, 0.05) is 12.8 Å². The van der Waals surface area contributed by atoms with Crippen LogP contribution in [0.1, 0.15) is 10.4 Å². The Bertz CT molecular complexity index is 275. The molecular formula is C7H8N2S. The van der Waals surface area contributed by atoms with Crippen molar-refractivity contribution in [1.82, 2.24) is 0 Å². The van der Waals surface area contributed by atoms with Gasteiger partial charge in [-0.25, -0.2) is 0 Å². The molecule has 1 aromatic rings. The Kier molecular flexibility index (Phi) is 1.24. The van der Waals surface area contributed by atoms with Crippen molar-refractivity contribution < 1.29 is 0 Å². The fourth-order valence-corrected chi connectivity index (χ4v) is 1.98. The summed E-state index contributed by atoms with van der Waals surface area (Å²) in [5.41, 5.74) is 6.97. The van der Waals surface area contributed by atoms with Crippen molar-refractivity contribution in [2.24, 2.45) is 4.99 Å². The standard InChI is InChI=1S/C7H8N2S/c8-7-3-5-1-2-9-4-6(5)10-7/h3-4H,1-2,8H2. The van der Waals surface area contributed by atoms with Gasteiger partial charge < -0.3 is 5.73 Å². The third kappa shape index (κ3) is 0.827. The quantitative estimate of drug-likeness (QED) is 0.598. The van der Waals surface area contributed by atoms with E-state index >= 15 is 0 Å². The molecule has 0 fully saturated rings. The number of aliphatic imine (C=N–C) groups is 1. The van der Waals surface area contributed by atoms with Crippen LogP contribution in [0.15, 0.2) is 11.1 Å². The lowest BCUT2D eigenvalue weighted by molar-refractivity contribution is 0.961.